The summed E-state index contributed by atoms with van der Waals surface area (Å²) in [5.41, 5.74) is 0.205. The first-order valence-corrected chi connectivity index (χ1v) is 13.1. The van der Waals surface area contributed by atoms with Crippen molar-refractivity contribution in [1.29, 1.82) is 0 Å². The summed E-state index contributed by atoms with van der Waals surface area (Å²) < 4.78 is 23.6. The van der Waals surface area contributed by atoms with Crippen LogP contribution in [0.4, 0.5) is 0 Å². The molecule has 4 saturated carbocycles. The minimum Gasteiger partial charge on any atom is -0.469 e. The Labute approximate surface area is 198 Å². The summed E-state index contributed by atoms with van der Waals surface area (Å²) >= 11 is 0. The Balaban J connectivity index is 1.42. The van der Waals surface area contributed by atoms with E-state index < -0.39 is 0 Å². The Kier molecular flexibility index (Phi) is 5.88. The van der Waals surface area contributed by atoms with Crippen LogP contribution in [0, 0.1) is 40.4 Å². The number of hydrogen-bond acceptors (Lipinski definition) is 6. The van der Waals surface area contributed by atoms with E-state index in [1.165, 1.54) is 33.3 Å². The molecule has 6 heteroatoms. The van der Waals surface area contributed by atoms with Gasteiger partial charge in [0.15, 0.2) is 6.29 Å². The van der Waals surface area contributed by atoms with Crippen molar-refractivity contribution < 1.29 is 28.5 Å². The number of methoxy groups -OCH3 is 2. The Morgan fingerprint density at radius 1 is 0.939 bits per heavy atom. The van der Waals surface area contributed by atoms with Gasteiger partial charge in [-0.1, -0.05) is 13.8 Å². The van der Waals surface area contributed by atoms with Crippen LogP contribution in [0.3, 0.4) is 0 Å². The van der Waals surface area contributed by atoms with Crippen molar-refractivity contribution in [2.24, 2.45) is 40.4 Å². The minimum atomic E-state index is -0.339. The second-order valence-corrected chi connectivity index (χ2v) is 12.2. The Bertz CT molecular complexity index is 797. The van der Waals surface area contributed by atoms with E-state index in [9.17, 15) is 9.59 Å². The van der Waals surface area contributed by atoms with E-state index in [2.05, 4.69) is 13.8 Å². The monoisotopic (exact) mass is 462 g/mol. The molecule has 1 aliphatic heterocycles. The van der Waals surface area contributed by atoms with Gasteiger partial charge in [0.25, 0.3) is 0 Å². The molecule has 0 N–H and O–H groups in total. The number of ether oxygens (including phenoxy) is 4. The third-order valence-electron chi connectivity index (χ3n) is 11.2. The molecule has 0 unspecified atom stereocenters. The molecule has 186 valence electrons. The molecule has 0 aromatic heterocycles. The van der Waals surface area contributed by atoms with Crippen molar-refractivity contribution in [3.05, 3.63) is 0 Å². The van der Waals surface area contributed by atoms with E-state index in [-0.39, 0.29) is 46.7 Å². The van der Waals surface area contributed by atoms with Crippen LogP contribution in [-0.4, -0.2) is 44.2 Å². The second-order valence-electron chi connectivity index (χ2n) is 12.2. The highest BCUT2D eigenvalue weighted by molar-refractivity contribution is 5.69. The van der Waals surface area contributed by atoms with Crippen molar-refractivity contribution >= 4 is 11.9 Å². The van der Waals surface area contributed by atoms with Gasteiger partial charge >= 0.3 is 11.9 Å². The Hall–Kier alpha value is -1.14. The van der Waals surface area contributed by atoms with Crippen molar-refractivity contribution in [2.75, 3.05) is 14.2 Å². The van der Waals surface area contributed by atoms with E-state index in [1.54, 1.807) is 7.11 Å². The molecule has 4 aliphatic carbocycles. The first-order valence-electron chi connectivity index (χ1n) is 13.1. The molecule has 0 spiro atoms. The van der Waals surface area contributed by atoms with E-state index in [0.29, 0.717) is 30.1 Å². The zero-order valence-electron chi connectivity index (χ0n) is 21.1. The molecular formula is C27H42O6. The van der Waals surface area contributed by atoms with Gasteiger partial charge < -0.3 is 18.9 Å². The van der Waals surface area contributed by atoms with E-state index in [4.69, 9.17) is 18.9 Å². The van der Waals surface area contributed by atoms with E-state index in [0.717, 1.165) is 38.5 Å². The standard InChI is InChI=1S/C27H42O6/c1-16(28)32-18-8-11-25(2)17(14-18)6-7-22-21(25)9-12-26(3)20-10-13-27(22,26)33-24(31-5)19(20)15-23(29)30-4/h17-22,24H,6-15H2,1-5H3/t17-,18+,19+,20-,21+,22-,24-,25+,26-,27-/m1/s1. The van der Waals surface area contributed by atoms with Crippen LogP contribution in [0.15, 0.2) is 0 Å². The first-order chi connectivity index (χ1) is 15.7. The molecule has 2 bridgehead atoms. The topological polar surface area (TPSA) is 71.1 Å². The molecule has 0 amide bonds. The predicted molar refractivity (Wildman–Crippen MR) is 122 cm³/mol. The molecule has 0 aromatic carbocycles. The molecule has 5 fully saturated rings. The lowest BCUT2D eigenvalue weighted by molar-refractivity contribution is -0.338. The van der Waals surface area contributed by atoms with Gasteiger partial charge in [0.1, 0.15) is 6.10 Å². The second kappa shape index (κ2) is 8.22. The lowest BCUT2D eigenvalue weighted by Gasteiger charge is -2.67. The highest BCUT2D eigenvalue weighted by atomic mass is 16.7. The largest absolute Gasteiger partial charge is 0.469 e. The van der Waals surface area contributed by atoms with Gasteiger partial charge in [-0.2, -0.15) is 0 Å². The number of fused-ring (bicyclic) bond motifs is 3. The zero-order valence-corrected chi connectivity index (χ0v) is 21.1. The molecule has 6 nitrogen and oxygen atoms in total. The first kappa shape index (κ1) is 23.6. The summed E-state index contributed by atoms with van der Waals surface area (Å²) in [5, 5.41) is 0. The van der Waals surface area contributed by atoms with Gasteiger partial charge in [-0.25, -0.2) is 0 Å². The number of esters is 2. The van der Waals surface area contributed by atoms with Gasteiger partial charge in [0.05, 0.1) is 19.1 Å². The normalized spacial score (nSPS) is 50.5. The van der Waals surface area contributed by atoms with E-state index >= 15 is 0 Å². The van der Waals surface area contributed by atoms with Crippen LogP contribution in [0.5, 0.6) is 0 Å². The van der Waals surface area contributed by atoms with Crippen LogP contribution in [0.25, 0.3) is 0 Å². The van der Waals surface area contributed by atoms with Gasteiger partial charge in [-0.3, -0.25) is 9.59 Å². The molecule has 33 heavy (non-hydrogen) atoms. The Morgan fingerprint density at radius 3 is 2.39 bits per heavy atom. The fraction of sp³-hybridized carbons (Fsp3) is 0.926. The number of carbonyl (C=O) groups excluding carboxylic acids is 2. The summed E-state index contributed by atoms with van der Waals surface area (Å²) in [4.78, 5) is 23.8. The SMILES string of the molecule is COC(=O)C[C@@H]1[C@H](OC)O[C@@]23CC[C@H]1[C@@]2(C)CC[C@H]1[C@H]3CC[C@@H]2C[C@@H](OC(C)=O)CC[C@@]21C. The molecule has 5 rings (SSSR count). The lowest BCUT2D eigenvalue weighted by atomic mass is 9.42. The van der Waals surface area contributed by atoms with Crippen LogP contribution in [0.1, 0.15) is 85.0 Å². The maximum atomic E-state index is 12.2. The lowest BCUT2D eigenvalue weighted by Crippen LogP contribution is -2.67. The maximum Gasteiger partial charge on any atom is 0.305 e. The average molecular weight is 463 g/mol. The summed E-state index contributed by atoms with van der Waals surface area (Å²) in [5.74, 6) is 1.96. The van der Waals surface area contributed by atoms with Gasteiger partial charge in [0, 0.05) is 25.4 Å². The average Bonchev–Trinajstić information content (AvgIpc) is 2.97. The third-order valence-corrected chi connectivity index (χ3v) is 11.2. The third kappa shape index (κ3) is 3.33. The van der Waals surface area contributed by atoms with Crippen LogP contribution < -0.4 is 0 Å². The van der Waals surface area contributed by atoms with Gasteiger partial charge in [-0.15, -0.1) is 0 Å². The molecular weight excluding hydrogens is 420 g/mol. The van der Waals surface area contributed by atoms with Crippen LogP contribution in [0.2, 0.25) is 0 Å². The molecule has 1 saturated heterocycles. The van der Waals surface area contributed by atoms with Gasteiger partial charge in [-0.05, 0) is 86.9 Å². The maximum absolute atomic E-state index is 12.2. The van der Waals surface area contributed by atoms with E-state index in [1.807, 2.05) is 0 Å². The number of hydrogen-bond donors (Lipinski definition) is 0. The quantitative estimate of drug-likeness (QED) is 0.555. The molecule has 0 radical (unpaired) electrons. The summed E-state index contributed by atoms with van der Waals surface area (Å²) in [6, 6.07) is 0. The smallest absolute Gasteiger partial charge is 0.305 e. The van der Waals surface area contributed by atoms with Crippen LogP contribution in [-0.2, 0) is 28.5 Å². The number of carbonyl (C=O) groups is 2. The highest BCUT2D eigenvalue weighted by Gasteiger charge is 2.72. The van der Waals surface area contributed by atoms with Crippen molar-refractivity contribution in [3.63, 3.8) is 0 Å². The predicted octanol–water partition coefficient (Wildman–Crippen LogP) is 4.88. The minimum absolute atomic E-state index is 0.0609. The van der Waals surface area contributed by atoms with Gasteiger partial charge in [0.2, 0.25) is 0 Å². The zero-order chi connectivity index (χ0) is 23.6. The fourth-order valence-corrected chi connectivity index (χ4v) is 9.73. The highest BCUT2D eigenvalue weighted by Crippen LogP contribution is 2.73. The van der Waals surface area contributed by atoms with Crippen molar-refractivity contribution in [3.8, 4) is 0 Å². The fourth-order valence-electron chi connectivity index (χ4n) is 9.73. The molecule has 1 heterocycles. The van der Waals surface area contributed by atoms with Crippen molar-refractivity contribution in [1.82, 2.24) is 0 Å². The van der Waals surface area contributed by atoms with Crippen molar-refractivity contribution in [2.45, 2.75) is 103 Å². The van der Waals surface area contributed by atoms with Crippen LogP contribution >= 0.6 is 0 Å². The molecule has 0 aromatic rings. The number of rotatable bonds is 4. The molecule has 5 aliphatic rings. The summed E-state index contributed by atoms with van der Waals surface area (Å²) in [6.07, 6.45) is 10.2. The Morgan fingerprint density at radius 2 is 1.70 bits per heavy atom. The summed E-state index contributed by atoms with van der Waals surface area (Å²) in [6.45, 7) is 6.49. The molecule has 10 atom stereocenters. The summed E-state index contributed by atoms with van der Waals surface area (Å²) in [7, 11) is 3.19.